The first-order valence-electron chi connectivity index (χ1n) is 9.33. The predicted molar refractivity (Wildman–Crippen MR) is 99.8 cm³/mol. The van der Waals surface area contributed by atoms with E-state index in [1.807, 2.05) is 18.2 Å². The largest absolute Gasteiger partial charge is 0.371 e. The molecule has 2 aliphatic heterocycles. The van der Waals surface area contributed by atoms with Gasteiger partial charge in [0.1, 0.15) is 6.04 Å². The standard InChI is InChI=1S/C19H28N4O2/c1-14(21-19(25)17-9-2-3-10-20-17)18(24)22-15-7-6-8-16(13-15)23-11-4-5-12-23/h6-8,13-14,17,20H,2-5,9-12H2,1H3,(H,21,25)(H,22,24)/t14?,17-/m1/s1. The van der Waals surface area contributed by atoms with Gasteiger partial charge in [-0.25, -0.2) is 0 Å². The fourth-order valence-electron chi connectivity index (χ4n) is 3.46. The van der Waals surface area contributed by atoms with Crippen LogP contribution in [0.1, 0.15) is 39.0 Å². The summed E-state index contributed by atoms with van der Waals surface area (Å²) >= 11 is 0. The Balaban J connectivity index is 1.54. The maximum Gasteiger partial charge on any atom is 0.246 e. The van der Waals surface area contributed by atoms with Crippen LogP contribution in [0.2, 0.25) is 0 Å². The maximum atomic E-state index is 12.4. The molecule has 136 valence electrons. The minimum atomic E-state index is -0.563. The highest BCUT2D eigenvalue weighted by atomic mass is 16.2. The number of rotatable bonds is 5. The van der Waals surface area contributed by atoms with Gasteiger partial charge in [-0.3, -0.25) is 9.59 Å². The van der Waals surface area contributed by atoms with Crippen molar-refractivity contribution >= 4 is 23.2 Å². The normalized spacial score (nSPS) is 21.6. The van der Waals surface area contributed by atoms with E-state index in [0.29, 0.717) is 0 Å². The van der Waals surface area contributed by atoms with E-state index in [1.54, 1.807) is 6.92 Å². The molecule has 2 aliphatic rings. The molecule has 0 bridgehead atoms. The molecule has 2 heterocycles. The smallest absolute Gasteiger partial charge is 0.246 e. The van der Waals surface area contributed by atoms with E-state index in [9.17, 15) is 9.59 Å². The van der Waals surface area contributed by atoms with Crippen molar-refractivity contribution < 1.29 is 9.59 Å². The summed E-state index contributed by atoms with van der Waals surface area (Å²) in [6, 6.07) is 7.17. The van der Waals surface area contributed by atoms with E-state index >= 15 is 0 Å². The number of carbonyl (C=O) groups excluding carboxylic acids is 2. The predicted octanol–water partition coefficient (Wildman–Crippen LogP) is 1.87. The van der Waals surface area contributed by atoms with Crippen molar-refractivity contribution in [2.24, 2.45) is 0 Å². The molecule has 1 aromatic rings. The molecule has 2 atom stereocenters. The molecular weight excluding hydrogens is 316 g/mol. The Morgan fingerprint density at radius 3 is 2.72 bits per heavy atom. The molecule has 1 unspecified atom stereocenters. The first-order chi connectivity index (χ1) is 12.1. The van der Waals surface area contributed by atoms with Crippen LogP contribution < -0.4 is 20.9 Å². The van der Waals surface area contributed by atoms with Crippen LogP contribution in [-0.2, 0) is 9.59 Å². The number of nitrogens with zero attached hydrogens (tertiary/aromatic N) is 1. The fraction of sp³-hybridized carbons (Fsp3) is 0.579. The molecule has 6 nitrogen and oxygen atoms in total. The zero-order chi connectivity index (χ0) is 17.6. The Hall–Kier alpha value is -2.08. The van der Waals surface area contributed by atoms with Crippen LogP contribution in [0, 0.1) is 0 Å². The molecule has 2 fully saturated rings. The number of hydrogen-bond acceptors (Lipinski definition) is 4. The van der Waals surface area contributed by atoms with Gasteiger partial charge in [0.05, 0.1) is 6.04 Å². The van der Waals surface area contributed by atoms with Gasteiger partial charge in [-0.1, -0.05) is 12.5 Å². The highest BCUT2D eigenvalue weighted by molar-refractivity contribution is 5.97. The van der Waals surface area contributed by atoms with Gasteiger partial charge in [-0.2, -0.15) is 0 Å². The lowest BCUT2D eigenvalue weighted by atomic mass is 10.0. The molecule has 2 saturated heterocycles. The van der Waals surface area contributed by atoms with Crippen molar-refractivity contribution in [3.05, 3.63) is 24.3 Å². The van der Waals surface area contributed by atoms with Crippen molar-refractivity contribution in [1.82, 2.24) is 10.6 Å². The van der Waals surface area contributed by atoms with Gasteiger partial charge in [0.25, 0.3) is 0 Å². The lowest BCUT2D eigenvalue weighted by Gasteiger charge is -2.24. The molecular formula is C19H28N4O2. The molecule has 3 rings (SSSR count). The SMILES string of the molecule is CC(NC(=O)[C@H]1CCCCN1)C(=O)Nc1cccc(N2CCCC2)c1. The number of nitrogens with one attached hydrogen (secondary N) is 3. The van der Waals surface area contributed by atoms with E-state index in [-0.39, 0.29) is 17.9 Å². The Bertz CT molecular complexity index is 607. The maximum absolute atomic E-state index is 12.4. The van der Waals surface area contributed by atoms with Crippen LogP contribution in [0.15, 0.2) is 24.3 Å². The Kier molecular flexibility index (Phi) is 5.91. The van der Waals surface area contributed by atoms with Crippen LogP contribution in [0.3, 0.4) is 0 Å². The van der Waals surface area contributed by atoms with Crippen molar-refractivity contribution in [2.75, 3.05) is 29.9 Å². The number of anilines is 2. The summed E-state index contributed by atoms with van der Waals surface area (Å²) in [7, 11) is 0. The summed E-state index contributed by atoms with van der Waals surface area (Å²) in [4.78, 5) is 27.0. The molecule has 0 aliphatic carbocycles. The highest BCUT2D eigenvalue weighted by Crippen LogP contribution is 2.23. The topological polar surface area (TPSA) is 73.5 Å². The van der Waals surface area contributed by atoms with Crippen LogP contribution >= 0.6 is 0 Å². The van der Waals surface area contributed by atoms with Gasteiger partial charge >= 0.3 is 0 Å². The number of hydrogen-bond donors (Lipinski definition) is 3. The summed E-state index contributed by atoms with van der Waals surface area (Å²) in [6.07, 6.45) is 5.42. The van der Waals surface area contributed by atoms with E-state index in [4.69, 9.17) is 0 Å². The minimum absolute atomic E-state index is 0.0897. The summed E-state index contributed by atoms with van der Waals surface area (Å²) in [6.45, 7) is 4.72. The second kappa shape index (κ2) is 8.34. The third-order valence-electron chi connectivity index (χ3n) is 4.96. The number of benzene rings is 1. The van der Waals surface area contributed by atoms with E-state index < -0.39 is 6.04 Å². The van der Waals surface area contributed by atoms with E-state index in [1.165, 1.54) is 12.8 Å². The fourth-order valence-corrected chi connectivity index (χ4v) is 3.46. The third kappa shape index (κ3) is 4.72. The molecule has 2 amide bonds. The molecule has 0 saturated carbocycles. The van der Waals surface area contributed by atoms with Gasteiger partial charge in [-0.15, -0.1) is 0 Å². The molecule has 6 heteroatoms. The van der Waals surface area contributed by atoms with E-state index in [0.717, 1.165) is 50.3 Å². The molecule has 0 radical (unpaired) electrons. The molecule has 1 aromatic carbocycles. The Morgan fingerprint density at radius 1 is 1.20 bits per heavy atom. The first kappa shape index (κ1) is 17.7. The number of piperidine rings is 1. The van der Waals surface area contributed by atoms with Gasteiger partial charge in [0, 0.05) is 24.5 Å². The monoisotopic (exact) mass is 344 g/mol. The lowest BCUT2D eigenvalue weighted by molar-refractivity contribution is -0.128. The van der Waals surface area contributed by atoms with Gasteiger partial charge < -0.3 is 20.9 Å². The second-order valence-corrected chi connectivity index (χ2v) is 6.97. The average Bonchev–Trinajstić information content (AvgIpc) is 3.17. The average molecular weight is 344 g/mol. The highest BCUT2D eigenvalue weighted by Gasteiger charge is 2.24. The van der Waals surface area contributed by atoms with Crippen LogP contribution in [-0.4, -0.2) is 43.5 Å². The summed E-state index contributed by atoms with van der Waals surface area (Å²) < 4.78 is 0. The minimum Gasteiger partial charge on any atom is -0.371 e. The van der Waals surface area contributed by atoms with Gasteiger partial charge in [-0.05, 0) is 57.4 Å². The number of amides is 2. The molecule has 0 spiro atoms. The van der Waals surface area contributed by atoms with Crippen LogP contribution in [0.5, 0.6) is 0 Å². The van der Waals surface area contributed by atoms with Crippen molar-refractivity contribution in [3.63, 3.8) is 0 Å². The van der Waals surface area contributed by atoms with Gasteiger partial charge in [0.15, 0.2) is 0 Å². The zero-order valence-corrected chi connectivity index (χ0v) is 14.9. The summed E-state index contributed by atoms with van der Waals surface area (Å²) in [5.74, 6) is -0.282. The van der Waals surface area contributed by atoms with E-state index in [2.05, 4.69) is 26.9 Å². The zero-order valence-electron chi connectivity index (χ0n) is 14.9. The molecule has 25 heavy (non-hydrogen) atoms. The van der Waals surface area contributed by atoms with Gasteiger partial charge in [0.2, 0.25) is 11.8 Å². The van der Waals surface area contributed by atoms with Crippen LogP contribution in [0.4, 0.5) is 11.4 Å². The first-order valence-corrected chi connectivity index (χ1v) is 9.33. The van der Waals surface area contributed by atoms with Crippen molar-refractivity contribution in [1.29, 1.82) is 0 Å². The van der Waals surface area contributed by atoms with Crippen molar-refractivity contribution in [3.8, 4) is 0 Å². The second-order valence-electron chi connectivity index (χ2n) is 6.97. The quantitative estimate of drug-likeness (QED) is 0.762. The summed E-state index contributed by atoms with van der Waals surface area (Å²) in [5.41, 5.74) is 1.91. The van der Waals surface area contributed by atoms with Crippen molar-refractivity contribution in [2.45, 2.75) is 51.1 Å². The Morgan fingerprint density at radius 2 is 2.00 bits per heavy atom. The third-order valence-corrected chi connectivity index (χ3v) is 4.96. The molecule has 0 aromatic heterocycles. The number of carbonyl (C=O) groups is 2. The summed E-state index contributed by atoms with van der Waals surface area (Å²) in [5, 5.41) is 8.93. The Labute approximate surface area is 149 Å². The lowest BCUT2D eigenvalue weighted by Crippen LogP contribution is -2.51. The van der Waals surface area contributed by atoms with Crippen LogP contribution in [0.25, 0.3) is 0 Å². The molecule has 3 N–H and O–H groups in total.